The Kier molecular flexibility index (Phi) is 2.28. The van der Waals surface area contributed by atoms with Crippen LogP contribution in [-0.2, 0) is 10.0 Å². The summed E-state index contributed by atoms with van der Waals surface area (Å²) < 4.78 is 24.3. The highest BCUT2D eigenvalue weighted by molar-refractivity contribution is 7.90. The van der Waals surface area contributed by atoms with E-state index in [-0.39, 0.29) is 5.75 Å². The van der Waals surface area contributed by atoms with E-state index in [0.29, 0.717) is 11.0 Å². The maximum atomic E-state index is 11.7. The fourth-order valence-electron chi connectivity index (χ4n) is 1.27. The summed E-state index contributed by atoms with van der Waals surface area (Å²) in [5, 5.41) is 7.38. The van der Waals surface area contributed by atoms with Crippen LogP contribution in [0.4, 0.5) is 0 Å². The van der Waals surface area contributed by atoms with Gasteiger partial charge in [-0.15, -0.1) is 15.8 Å². The molecule has 0 atom stereocenters. The van der Waals surface area contributed by atoms with E-state index in [1.165, 1.54) is 6.08 Å². The minimum atomic E-state index is -3.47. The molecule has 15 heavy (non-hydrogen) atoms. The molecular weight excluding hydrogens is 214 g/mol. The molecule has 0 fully saturated rings. The minimum absolute atomic E-state index is 0.152. The molecular formula is C9H9N3O2S. The topological polar surface area (TPSA) is 64.8 Å². The first-order valence-corrected chi connectivity index (χ1v) is 5.90. The van der Waals surface area contributed by atoms with Gasteiger partial charge in [-0.3, -0.25) is 0 Å². The average molecular weight is 223 g/mol. The Labute approximate surface area is 87.1 Å². The molecule has 2 aromatic rings. The summed E-state index contributed by atoms with van der Waals surface area (Å²) in [7, 11) is -3.47. The third-order valence-electron chi connectivity index (χ3n) is 1.91. The van der Waals surface area contributed by atoms with Crippen molar-refractivity contribution in [2.24, 2.45) is 0 Å². The van der Waals surface area contributed by atoms with Crippen molar-refractivity contribution < 1.29 is 8.42 Å². The molecule has 0 aliphatic heterocycles. The molecule has 6 heteroatoms. The van der Waals surface area contributed by atoms with Crippen molar-refractivity contribution in [1.29, 1.82) is 0 Å². The third-order valence-corrected chi connectivity index (χ3v) is 3.37. The van der Waals surface area contributed by atoms with Gasteiger partial charge in [0.2, 0.25) is 0 Å². The summed E-state index contributed by atoms with van der Waals surface area (Å²) in [5.74, 6) is -0.152. The number of para-hydroxylation sites is 1. The molecule has 0 aliphatic carbocycles. The van der Waals surface area contributed by atoms with Crippen LogP contribution < -0.4 is 0 Å². The molecule has 0 unspecified atom stereocenters. The van der Waals surface area contributed by atoms with Gasteiger partial charge in [0.25, 0.3) is 10.0 Å². The molecule has 0 saturated carbocycles. The predicted molar refractivity (Wildman–Crippen MR) is 56.9 cm³/mol. The van der Waals surface area contributed by atoms with Gasteiger partial charge in [0.05, 0.1) is 5.75 Å². The maximum absolute atomic E-state index is 11.7. The van der Waals surface area contributed by atoms with Gasteiger partial charge in [0, 0.05) is 0 Å². The lowest BCUT2D eigenvalue weighted by molar-refractivity contribution is 0.582. The molecule has 78 valence electrons. The first-order chi connectivity index (χ1) is 7.15. The van der Waals surface area contributed by atoms with Crippen LogP contribution in [0.25, 0.3) is 11.0 Å². The number of fused-ring (bicyclic) bond motifs is 1. The van der Waals surface area contributed by atoms with Gasteiger partial charge < -0.3 is 0 Å². The predicted octanol–water partition coefficient (Wildman–Crippen LogP) is 0.795. The van der Waals surface area contributed by atoms with E-state index in [4.69, 9.17) is 0 Å². The second-order valence-electron chi connectivity index (χ2n) is 2.99. The summed E-state index contributed by atoms with van der Waals surface area (Å²) in [6.07, 6.45) is 1.33. The van der Waals surface area contributed by atoms with Crippen LogP contribution in [0.3, 0.4) is 0 Å². The highest BCUT2D eigenvalue weighted by Crippen LogP contribution is 2.12. The number of nitrogens with zero attached hydrogens (tertiary/aromatic N) is 3. The smallest absolute Gasteiger partial charge is 0.204 e. The summed E-state index contributed by atoms with van der Waals surface area (Å²) >= 11 is 0. The zero-order valence-electron chi connectivity index (χ0n) is 7.87. The van der Waals surface area contributed by atoms with Crippen LogP contribution in [0.1, 0.15) is 0 Å². The lowest BCUT2D eigenvalue weighted by Gasteiger charge is -2.00. The molecule has 0 N–H and O–H groups in total. The van der Waals surface area contributed by atoms with E-state index in [1.807, 2.05) is 0 Å². The van der Waals surface area contributed by atoms with Crippen LogP contribution in [0.15, 0.2) is 36.9 Å². The van der Waals surface area contributed by atoms with Crippen molar-refractivity contribution in [3.63, 3.8) is 0 Å². The zero-order valence-corrected chi connectivity index (χ0v) is 8.68. The number of benzene rings is 1. The third kappa shape index (κ3) is 1.63. The van der Waals surface area contributed by atoms with E-state index in [0.717, 1.165) is 4.09 Å². The fraction of sp³-hybridized carbons (Fsp3) is 0.111. The van der Waals surface area contributed by atoms with Gasteiger partial charge in [0.15, 0.2) is 0 Å². The molecule has 0 aliphatic rings. The van der Waals surface area contributed by atoms with E-state index in [1.54, 1.807) is 24.3 Å². The lowest BCUT2D eigenvalue weighted by atomic mass is 10.3. The van der Waals surface area contributed by atoms with Gasteiger partial charge in [-0.05, 0) is 12.1 Å². The second-order valence-corrected chi connectivity index (χ2v) is 4.83. The molecule has 1 heterocycles. The van der Waals surface area contributed by atoms with Gasteiger partial charge in [-0.2, -0.15) is 0 Å². The zero-order chi connectivity index (χ0) is 10.9. The molecule has 0 amide bonds. The van der Waals surface area contributed by atoms with Crippen molar-refractivity contribution in [3.05, 3.63) is 36.9 Å². The van der Waals surface area contributed by atoms with Crippen LogP contribution >= 0.6 is 0 Å². The Balaban J connectivity index is 2.67. The first kappa shape index (κ1) is 9.85. The van der Waals surface area contributed by atoms with Crippen LogP contribution in [0, 0.1) is 0 Å². The van der Waals surface area contributed by atoms with Gasteiger partial charge >= 0.3 is 0 Å². The van der Waals surface area contributed by atoms with Crippen LogP contribution in [0.5, 0.6) is 0 Å². The average Bonchev–Trinajstić information content (AvgIpc) is 2.61. The van der Waals surface area contributed by atoms with E-state index in [2.05, 4.69) is 16.9 Å². The maximum Gasteiger partial charge on any atom is 0.259 e. The van der Waals surface area contributed by atoms with E-state index in [9.17, 15) is 8.42 Å². The van der Waals surface area contributed by atoms with Gasteiger partial charge in [-0.25, -0.2) is 8.42 Å². The summed E-state index contributed by atoms with van der Waals surface area (Å²) in [6, 6.07) is 6.89. The standard InChI is InChI=1S/C9H9N3O2S/c1-2-7-15(13,14)12-9-6-4-3-5-8(9)10-11-12/h2-6H,1,7H2. The first-order valence-electron chi connectivity index (χ1n) is 4.30. The lowest BCUT2D eigenvalue weighted by Crippen LogP contribution is -2.16. The largest absolute Gasteiger partial charge is 0.259 e. The Morgan fingerprint density at radius 2 is 2.13 bits per heavy atom. The van der Waals surface area contributed by atoms with E-state index >= 15 is 0 Å². The quantitative estimate of drug-likeness (QED) is 0.722. The summed E-state index contributed by atoms with van der Waals surface area (Å²) in [4.78, 5) is 0. The number of hydrogen-bond acceptors (Lipinski definition) is 4. The highest BCUT2D eigenvalue weighted by Gasteiger charge is 2.15. The molecule has 5 nitrogen and oxygen atoms in total. The Morgan fingerprint density at radius 1 is 1.40 bits per heavy atom. The summed E-state index contributed by atoms with van der Waals surface area (Å²) in [6.45, 7) is 3.40. The molecule has 1 aromatic heterocycles. The van der Waals surface area contributed by atoms with Crippen molar-refractivity contribution in [2.45, 2.75) is 0 Å². The van der Waals surface area contributed by atoms with Crippen molar-refractivity contribution in [1.82, 2.24) is 14.4 Å². The SMILES string of the molecule is C=CCS(=O)(=O)n1nnc2ccccc21. The Hall–Kier alpha value is -1.69. The Morgan fingerprint density at radius 3 is 2.87 bits per heavy atom. The Bertz CT molecular complexity index is 601. The molecule has 1 aromatic carbocycles. The summed E-state index contributed by atoms with van der Waals surface area (Å²) in [5.41, 5.74) is 1.05. The van der Waals surface area contributed by atoms with E-state index < -0.39 is 10.0 Å². The fourth-order valence-corrected chi connectivity index (χ4v) is 2.31. The molecule has 0 bridgehead atoms. The molecule has 0 spiro atoms. The minimum Gasteiger partial charge on any atom is -0.204 e. The van der Waals surface area contributed by atoms with Gasteiger partial charge in [0.1, 0.15) is 11.0 Å². The molecule has 0 saturated heterocycles. The van der Waals surface area contributed by atoms with Crippen LogP contribution in [-0.4, -0.2) is 28.6 Å². The van der Waals surface area contributed by atoms with Crippen molar-refractivity contribution in [3.8, 4) is 0 Å². The monoisotopic (exact) mass is 223 g/mol. The normalized spacial score (nSPS) is 11.7. The second kappa shape index (κ2) is 3.47. The van der Waals surface area contributed by atoms with Gasteiger partial charge in [-0.1, -0.05) is 23.4 Å². The highest BCUT2D eigenvalue weighted by atomic mass is 32.2. The molecule has 0 radical (unpaired) electrons. The van der Waals surface area contributed by atoms with Crippen molar-refractivity contribution >= 4 is 21.1 Å². The van der Waals surface area contributed by atoms with Crippen molar-refractivity contribution in [2.75, 3.05) is 5.75 Å². The number of rotatable bonds is 3. The van der Waals surface area contributed by atoms with Crippen LogP contribution in [0.2, 0.25) is 0 Å². The number of hydrogen-bond donors (Lipinski definition) is 0. The molecule has 2 rings (SSSR count). The number of aromatic nitrogens is 3.